The quantitative estimate of drug-likeness (QED) is 0.544. The number of hydrogen-bond donors (Lipinski definition) is 1. The highest BCUT2D eigenvalue weighted by Gasteiger charge is 2.22. The summed E-state index contributed by atoms with van der Waals surface area (Å²) in [5.41, 5.74) is 1.28. The maximum Gasteiger partial charge on any atom is 0.257 e. The molecule has 2 amide bonds. The number of nitrogens with one attached hydrogen (secondary N) is 1. The molecule has 2 heterocycles. The van der Waals surface area contributed by atoms with Crippen LogP contribution in [0.3, 0.4) is 0 Å². The second-order valence-corrected chi connectivity index (χ2v) is 7.89. The Bertz CT molecular complexity index is 1070. The molecule has 10 heteroatoms. The molecule has 2 aromatic carbocycles. The topological polar surface area (TPSA) is 98.6 Å². The summed E-state index contributed by atoms with van der Waals surface area (Å²) in [4.78, 5) is 26.9. The fourth-order valence-corrected chi connectivity index (χ4v) is 3.98. The second-order valence-electron chi connectivity index (χ2n) is 6.95. The lowest BCUT2D eigenvalue weighted by Gasteiger charge is -2.27. The van der Waals surface area contributed by atoms with Crippen LogP contribution in [0.25, 0.3) is 5.69 Å². The van der Waals surface area contributed by atoms with Gasteiger partial charge >= 0.3 is 0 Å². The standard InChI is InChI=1S/C22H23N5O4S/c1-30-18-9-7-16(8-10-18)20(29)23-19(28)15-32-22-25-24-21(26-11-13-31-14-12-26)27(22)17-5-3-2-4-6-17/h2-10H,11-15H2,1H3,(H,23,28,29). The van der Waals surface area contributed by atoms with Crippen LogP contribution in [0.2, 0.25) is 0 Å². The first-order chi connectivity index (χ1) is 15.7. The number of morpholine rings is 1. The molecule has 0 unspecified atom stereocenters. The molecule has 3 aromatic rings. The van der Waals surface area contributed by atoms with Gasteiger partial charge < -0.3 is 14.4 Å². The number of nitrogens with zero attached hydrogens (tertiary/aromatic N) is 4. The largest absolute Gasteiger partial charge is 0.497 e. The highest BCUT2D eigenvalue weighted by molar-refractivity contribution is 7.99. The molecule has 32 heavy (non-hydrogen) atoms. The molecule has 0 atom stereocenters. The molecule has 166 valence electrons. The first-order valence-electron chi connectivity index (χ1n) is 10.1. The molecule has 1 aromatic heterocycles. The number of methoxy groups -OCH3 is 1. The lowest BCUT2D eigenvalue weighted by atomic mass is 10.2. The van der Waals surface area contributed by atoms with E-state index in [1.807, 2.05) is 34.9 Å². The molecule has 9 nitrogen and oxygen atoms in total. The molecule has 4 rings (SSSR count). The lowest BCUT2D eigenvalue weighted by molar-refractivity contribution is -0.117. The van der Waals surface area contributed by atoms with Crippen LogP contribution in [0, 0.1) is 0 Å². The van der Waals surface area contributed by atoms with Gasteiger partial charge in [-0.1, -0.05) is 30.0 Å². The number of benzene rings is 2. The molecule has 0 saturated carbocycles. The zero-order chi connectivity index (χ0) is 22.3. The summed E-state index contributed by atoms with van der Waals surface area (Å²) < 4.78 is 12.5. The van der Waals surface area contributed by atoms with Crippen LogP contribution in [0.4, 0.5) is 5.95 Å². The summed E-state index contributed by atoms with van der Waals surface area (Å²) in [5, 5.41) is 11.7. The summed E-state index contributed by atoms with van der Waals surface area (Å²) in [7, 11) is 1.55. The number of aromatic nitrogens is 3. The van der Waals surface area contributed by atoms with Crippen molar-refractivity contribution < 1.29 is 19.1 Å². The number of carbonyl (C=O) groups is 2. The van der Waals surface area contributed by atoms with Crippen LogP contribution in [-0.4, -0.2) is 65.7 Å². The number of imide groups is 1. The predicted molar refractivity (Wildman–Crippen MR) is 121 cm³/mol. The minimum Gasteiger partial charge on any atom is -0.497 e. The fraction of sp³-hybridized carbons (Fsp3) is 0.273. The maximum atomic E-state index is 12.4. The highest BCUT2D eigenvalue weighted by atomic mass is 32.2. The van der Waals surface area contributed by atoms with Crippen molar-refractivity contribution in [2.45, 2.75) is 5.16 Å². The Kier molecular flexibility index (Phi) is 7.03. The van der Waals surface area contributed by atoms with Crippen LogP contribution in [0.1, 0.15) is 10.4 Å². The zero-order valence-corrected chi connectivity index (χ0v) is 18.4. The Morgan fingerprint density at radius 1 is 1.06 bits per heavy atom. The number of ether oxygens (including phenoxy) is 2. The minimum absolute atomic E-state index is 0.0238. The number of carbonyl (C=O) groups excluding carboxylic acids is 2. The molecular formula is C22H23N5O4S. The van der Waals surface area contributed by atoms with Crippen LogP contribution in [0.5, 0.6) is 5.75 Å². The Hall–Kier alpha value is -3.37. The average molecular weight is 454 g/mol. The Morgan fingerprint density at radius 3 is 2.47 bits per heavy atom. The van der Waals surface area contributed by atoms with Crippen LogP contribution < -0.4 is 15.0 Å². The minimum atomic E-state index is -0.461. The molecule has 1 aliphatic rings. The molecule has 0 radical (unpaired) electrons. The lowest BCUT2D eigenvalue weighted by Crippen LogP contribution is -2.37. The third-order valence-electron chi connectivity index (χ3n) is 4.86. The maximum absolute atomic E-state index is 12.4. The molecule has 0 aliphatic carbocycles. The van der Waals surface area contributed by atoms with Crippen LogP contribution >= 0.6 is 11.8 Å². The number of thioether (sulfide) groups is 1. The van der Waals surface area contributed by atoms with Crippen LogP contribution in [-0.2, 0) is 9.53 Å². The monoisotopic (exact) mass is 453 g/mol. The van der Waals surface area contributed by atoms with Gasteiger partial charge in [0.15, 0.2) is 5.16 Å². The normalized spacial score (nSPS) is 13.6. The number of rotatable bonds is 7. The summed E-state index contributed by atoms with van der Waals surface area (Å²) in [5.74, 6) is 0.496. The molecule has 1 aliphatic heterocycles. The second kappa shape index (κ2) is 10.3. The summed E-state index contributed by atoms with van der Waals surface area (Å²) >= 11 is 1.23. The number of amides is 2. The van der Waals surface area contributed by atoms with Crippen molar-refractivity contribution in [2.24, 2.45) is 0 Å². The first kappa shape index (κ1) is 21.8. The van der Waals surface area contributed by atoms with Crippen molar-refractivity contribution in [1.82, 2.24) is 20.1 Å². The van der Waals surface area contributed by atoms with E-state index in [-0.39, 0.29) is 5.75 Å². The molecule has 1 fully saturated rings. The van der Waals surface area contributed by atoms with Gasteiger partial charge in [-0.15, -0.1) is 10.2 Å². The number of hydrogen-bond acceptors (Lipinski definition) is 8. The van der Waals surface area contributed by atoms with E-state index < -0.39 is 11.8 Å². The van der Waals surface area contributed by atoms with Gasteiger partial charge in [0, 0.05) is 18.7 Å². The molecule has 0 bridgehead atoms. The molecule has 1 N–H and O–H groups in total. The van der Waals surface area contributed by atoms with Crippen molar-refractivity contribution in [1.29, 1.82) is 0 Å². The zero-order valence-electron chi connectivity index (χ0n) is 17.6. The highest BCUT2D eigenvalue weighted by Crippen LogP contribution is 2.27. The van der Waals surface area contributed by atoms with Gasteiger partial charge in [-0.05, 0) is 36.4 Å². The molecule has 1 saturated heterocycles. The predicted octanol–water partition coefficient (Wildman–Crippen LogP) is 2.16. The van der Waals surface area contributed by atoms with E-state index in [1.165, 1.54) is 11.8 Å². The van der Waals surface area contributed by atoms with E-state index in [1.54, 1.807) is 31.4 Å². The van der Waals surface area contributed by atoms with Crippen molar-refractivity contribution in [3.05, 3.63) is 60.2 Å². The third-order valence-corrected chi connectivity index (χ3v) is 5.79. The van der Waals surface area contributed by atoms with Gasteiger partial charge in [-0.3, -0.25) is 19.5 Å². The van der Waals surface area contributed by atoms with E-state index in [0.717, 1.165) is 5.69 Å². The van der Waals surface area contributed by atoms with E-state index in [4.69, 9.17) is 9.47 Å². The smallest absolute Gasteiger partial charge is 0.257 e. The summed E-state index contributed by atoms with van der Waals surface area (Å²) in [6.45, 7) is 2.68. The van der Waals surface area contributed by atoms with Gasteiger partial charge in [-0.25, -0.2) is 0 Å². The average Bonchev–Trinajstić information content (AvgIpc) is 3.28. The van der Waals surface area contributed by atoms with Gasteiger partial charge in [0.05, 0.1) is 31.8 Å². The molecular weight excluding hydrogens is 430 g/mol. The Morgan fingerprint density at radius 2 is 1.78 bits per heavy atom. The van der Waals surface area contributed by atoms with Gasteiger partial charge in [0.2, 0.25) is 11.9 Å². The van der Waals surface area contributed by atoms with Crippen molar-refractivity contribution in [3.63, 3.8) is 0 Å². The Labute approximate surface area is 189 Å². The molecule has 0 spiro atoms. The van der Waals surface area contributed by atoms with Crippen molar-refractivity contribution >= 4 is 29.5 Å². The van der Waals surface area contributed by atoms with Crippen molar-refractivity contribution in [2.75, 3.05) is 44.1 Å². The van der Waals surface area contributed by atoms with Gasteiger partial charge in [0.1, 0.15) is 5.75 Å². The van der Waals surface area contributed by atoms with E-state index in [0.29, 0.717) is 48.7 Å². The van der Waals surface area contributed by atoms with Gasteiger partial charge in [0.25, 0.3) is 5.91 Å². The Balaban J connectivity index is 1.46. The fourth-order valence-electron chi connectivity index (χ4n) is 3.23. The summed E-state index contributed by atoms with van der Waals surface area (Å²) in [6.07, 6.45) is 0. The van der Waals surface area contributed by atoms with E-state index in [2.05, 4.69) is 20.4 Å². The third kappa shape index (κ3) is 5.09. The van der Waals surface area contributed by atoms with E-state index >= 15 is 0 Å². The SMILES string of the molecule is COc1ccc(C(=O)NC(=O)CSc2nnc(N3CCOCC3)n2-c2ccccc2)cc1. The summed E-state index contributed by atoms with van der Waals surface area (Å²) in [6, 6.07) is 16.3. The van der Waals surface area contributed by atoms with Crippen molar-refractivity contribution in [3.8, 4) is 11.4 Å². The number of para-hydroxylation sites is 1. The first-order valence-corrected chi connectivity index (χ1v) is 11.1. The van der Waals surface area contributed by atoms with Gasteiger partial charge in [-0.2, -0.15) is 0 Å². The number of anilines is 1. The van der Waals surface area contributed by atoms with Crippen LogP contribution in [0.15, 0.2) is 59.8 Å². The van der Waals surface area contributed by atoms with E-state index in [9.17, 15) is 9.59 Å².